The molecule has 0 atom stereocenters. The lowest BCUT2D eigenvalue weighted by atomic mass is 10.1. The fourth-order valence-corrected chi connectivity index (χ4v) is 1.91. The lowest BCUT2D eigenvalue weighted by molar-refractivity contribution is -0.123. The molecule has 0 unspecified atom stereocenters. The summed E-state index contributed by atoms with van der Waals surface area (Å²) < 4.78 is 5.38. The summed E-state index contributed by atoms with van der Waals surface area (Å²) in [4.78, 5) is 23.5. The zero-order valence-corrected chi connectivity index (χ0v) is 13.6. The molecule has 0 fully saturated rings. The van der Waals surface area contributed by atoms with Crippen LogP contribution in [0.3, 0.4) is 0 Å². The van der Waals surface area contributed by atoms with Crippen LogP contribution in [0.5, 0.6) is 5.75 Å². The first-order valence-electron chi connectivity index (χ1n) is 7.00. The Morgan fingerprint density at radius 3 is 2.35 bits per heavy atom. The van der Waals surface area contributed by atoms with Crippen LogP contribution in [0.15, 0.2) is 42.5 Å². The molecule has 120 valence electrons. The Morgan fingerprint density at radius 1 is 1.00 bits per heavy atom. The highest BCUT2D eigenvalue weighted by molar-refractivity contribution is 6.30. The van der Waals surface area contributed by atoms with Gasteiger partial charge in [-0.15, -0.1) is 0 Å². The topological polar surface area (TPSA) is 67.4 Å². The van der Waals surface area contributed by atoms with Crippen molar-refractivity contribution in [2.75, 3.05) is 6.61 Å². The Morgan fingerprint density at radius 2 is 1.70 bits per heavy atom. The number of hydrogen-bond donors (Lipinski definition) is 2. The van der Waals surface area contributed by atoms with Gasteiger partial charge in [-0.05, 0) is 61.4 Å². The smallest absolute Gasteiger partial charge is 0.276 e. The number of aryl methyl sites for hydroxylation is 2. The van der Waals surface area contributed by atoms with E-state index in [0.717, 1.165) is 11.1 Å². The van der Waals surface area contributed by atoms with Gasteiger partial charge in [0.05, 0.1) is 0 Å². The molecule has 0 bridgehead atoms. The summed E-state index contributed by atoms with van der Waals surface area (Å²) in [5, 5.41) is 0.535. The van der Waals surface area contributed by atoms with Crippen molar-refractivity contribution in [3.63, 3.8) is 0 Å². The maximum atomic E-state index is 11.8. The zero-order chi connectivity index (χ0) is 16.8. The Labute approximate surface area is 139 Å². The van der Waals surface area contributed by atoms with E-state index in [1.54, 1.807) is 30.3 Å². The summed E-state index contributed by atoms with van der Waals surface area (Å²) in [5.74, 6) is -0.279. The van der Waals surface area contributed by atoms with Crippen molar-refractivity contribution in [1.29, 1.82) is 0 Å². The zero-order valence-electron chi connectivity index (χ0n) is 12.9. The molecule has 0 spiro atoms. The van der Waals surface area contributed by atoms with Crippen LogP contribution in [0.1, 0.15) is 21.5 Å². The molecule has 0 aliphatic carbocycles. The van der Waals surface area contributed by atoms with E-state index in [4.69, 9.17) is 16.3 Å². The van der Waals surface area contributed by atoms with Crippen molar-refractivity contribution in [2.45, 2.75) is 13.8 Å². The molecule has 0 heterocycles. The van der Waals surface area contributed by atoms with Gasteiger partial charge in [0.15, 0.2) is 6.61 Å². The minimum atomic E-state index is -0.453. The van der Waals surface area contributed by atoms with Gasteiger partial charge in [0, 0.05) is 10.6 Å². The first-order chi connectivity index (χ1) is 11.0. The van der Waals surface area contributed by atoms with Crippen molar-refractivity contribution in [2.24, 2.45) is 0 Å². The maximum Gasteiger partial charge on any atom is 0.276 e. The fraction of sp³-hybridized carbons (Fsp3) is 0.176. The van der Waals surface area contributed by atoms with E-state index >= 15 is 0 Å². The second-order valence-electron chi connectivity index (χ2n) is 5.04. The molecule has 2 aromatic carbocycles. The second-order valence-corrected chi connectivity index (χ2v) is 5.48. The quantitative estimate of drug-likeness (QED) is 0.846. The molecular weight excluding hydrogens is 316 g/mol. The maximum absolute atomic E-state index is 11.8. The Bertz CT molecular complexity index is 714. The Kier molecular flexibility index (Phi) is 5.60. The summed E-state index contributed by atoms with van der Waals surface area (Å²) in [6.45, 7) is 3.77. The highest BCUT2D eigenvalue weighted by Crippen LogP contribution is 2.16. The minimum absolute atomic E-state index is 0.191. The van der Waals surface area contributed by atoms with Gasteiger partial charge in [-0.25, -0.2) is 0 Å². The van der Waals surface area contributed by atoms with Crippen LogP contribution in [-0.4, -0.2) is 18.4 Å². The minimum Gasteiger partial charge on any atom is -0.484 e. The largest absolute Gasteiger partial charge is 0.484 e. The molecule has 0 radical (unpaired) electrons. The third kappa shape index (κ3) is 5.00. The summed E-state index contributed by atoms with van der Waals surface area (Å²) in [7, 11) is 0. The molecule has 23 heavy (non-hydrogen) atoms. The summed E-state index contributed by atoms with van der Waals surface area (Å²) in [5.41, 5.74) is 7.23. The van der Waals surface area contributed by atoms with Crippen LogP contribution in [0.2, 0.25) is 5.02 Å². The number of carbonyl (C=O) groups excluding carboxylic acids is 2. The molecule has 0 aromatic heterocycles. The third-order valence-electron chi connectivity index (χ3n) is 3.27. The van der Waals surface area contributed by atoms with Gasteiger partial charge in [-0.3, -0.25) is 20.4 Å². The average molecular weight is 333 g/mol. The summed E-state index contributed by atoms with van der Waals surface area (Å²) >= 11 is 5.75. The standard InChI is InChI=1S/C17H17ClN2O3/c1-11-3-8-15(9-12(11)2)23-10-16(21)19-20-17(22)13-4-6-14(18)7-5-13/h3-9H,10H2,1-2H3,(H,19,21)(H,20,22). The molecule has 6 heteroatoms. The van der Waals surface area contributed by atoms with E-state index in [9.17, 15) is 9.59 Å². The van der Waals surface area contributed by atoms with E-state index in [1.165, 1.54) is 0 Å². The van der Waals surface area contributed by atoms with Crippen molar-refractivity contribution >= 4 is 23.4 Å². The fourth-order valence-electron chi connectivity index (χ4n) is 1.79. The van der Waals surface area contributed by atoms with Gasteiger partial charge in [-0.2, -0.15) is 0 Å². The van der Waals surface area contributed by atoms with Crippen LogP contribution in [0.4, 0.5) is 0 Å². The number of amides is 2. The summed E-state index contributed by atoms with van der Waals surface area (Å²) in [6, 6.07) is 11.9. The molecule has 2 amide bonds. The lowest BCUT2D eigenvalue weighted by Crippen LogP contribution is -2.43. The van der Waals surface area contributed by atoms with Gasteiger partial charge in [-0.1, -0.05) is 17.7 Å². The van der Waals surface area contributed by atoms with Crippen molar-refractivity contribution < 1.29 is 14.3 Å². The van der Waals surface area contributed by atoms with E-state index in [1.807, 2.05) is 26.0 Å². The average Bonchev–Trinajstić information content (AvgIpc) is 2.54. The van der Waals surface area contributed by atoms with Crippen LogP contribution in [0.25, 0.3) is 0 Å². The van der Waals surface area contributed by atoms with Crippen molar-refractivity contribution in [1.82, 2.24) is 10.9 Å². The predicted molar refractivity (Wildman–Crippen MR) is 88.5 cm³/mol. The predicted octanol–water partition coefficient (Wildman–Crippen LogP) is 2.80. The number of rotatable bonds is 4. The number of carbonyl (C=O) groups is 2. The highest BCUT2D eigenvalue weighted by atomic mass is 35.5. The number of hydrogen-bond acceptors (Lipinski definition) is 3. The molecule has 2 N–H and O–H groups in total. The number of benzene rings is 2. The number of ether oxygens (including phenoxy) is 1. The highest BCUT2D eigenvalue weighted by Gasteiger charge is 2.08. The normalized spacial score (nSPS) is 10.0. The molecule has 5 nitrogen and oxygen atoms in total. The molecule has 0 saturated heterocycles. The van der Waals surface area contributed by atoms with Crippen LogP contribution >= 0.6 is 11.6 Å². The SMILES string of the molecule is Cc1ccc(OCC(=O)NNC(=O)c2ccc(Cl)cc2)cc1C. The molecule has 0 aliphatic rings. The summed E-state index contributed by atoms with van der Waals surface area (Å²) in [6.07, 6.45) is 0. The molecular formula is C17H17ClN2O3. The number of nitrogens with one attached hydrogen (secondary N) is 2. The first kappa shape index (κ1) is 16.8. The van der Waals surface area contributed by atoms with Gasteiger partial charge in [0.2, 0.25) is 0 Å². The van der Waals surface area contributed by atoms with E-state index in [-0.39, 0.29) is 6.61 Å². The van der Waals surface area contributed by atoms with Gasteiger partial charge in [0.25, 0.3) is 11.8 Å². The molecule has 2 rings (SSSR count). The second kappa shape index (κ2) is 7.65. The lowest BCUT2D eigenvalue weighted by Gasteiger charge is -2.10. The van der Waals surface area contributed by atoms with E-state index in [2.05, 4.69) is 10.9 Å². The van der Waals surface area contributed by atoms with Gasteiger partial charge in [0.1, 0.15) is 5.75 Å². The van der Waals surface area contributed by atoms with Crippen LogP contribution in [-0.2, 0) is 4.79 Å². The number of hydrazine groups is 1. The molecule has 2 aromatic rings. The number of halogens is 1. The Hall–Kier alpha value is -2.53. The first-order valence-corrected chi connectivity index (χ1v) is 7.38. The van der Waals surface area contributed by atoms with Gasteiger partial charge < -0.3 is 4.74 Å². The monoisotopic (exact) mass is 332 g/mol. The third-order valence-corrected chi connectivity index (χ3v) is 3.52. The van der Waals surface area contributed by atoms with Crippen molar-refractivity contribution in [3.8, 4) is 5.75 Å². The molecule has 0 aliphatic heterocycles. The molecule has 0 saturated carbocycles. The van der Waals surface area contributed by atoms with Crippen molar-refractivity contribution in [3.05, 3.63) is 64.2 Å². The Balaban J connectivity index is 1.79. The van der Waals surface area contributed by atoms with Crippen LogP contribution < -0.4 is 15.6 Å². The van der Waals surface area contributed by atoms with E-state index in [0.29, 0.717) is 16.3 Å². The van der Waals surface area contributed by atoms with Gasteiger partial charge >= 0.3 is 0 Å². The van der Waals surface area contributed by atoms with E-state index < -0.39 is 11.8 Å². The van der Waals surface area contributed by atoms with Crippen LogP contribution in [0, 0.1) is 13.8 Å².